The molecule has 4 heterocycles. The molecule has 2 N–H and O–H groups in total. The minimum absolute atomic E-state index is 0.284. The van der Waals surface area contributed by atoms with Crippen LogP contribution in [0.25, 0.3) is 11.6 Å². The van der Waals surface area contributed by atoms with E-state index in [4.69, 9.17) is 0 Å². The Morgan fingerprint density at radius 3 is 2.65 bits per heavy atom. The van der Waals surface area contributed by atoms with Gasteiger partial charge in [0.1, 0.15) is 23.7 Å². The first-order chi connectivity index (χ1) is 15.0. The molecule has 0 aliphatic carbocycles. The fourth-order valence-electron chi connectivity index (χ4n) is 3.07. The minimum atomic E-state index is -0.285. The van der Waals surface area contributed by atoms with Crippen LogP contribution in [-0.4, -0.2) is 58.5 Å². The smallest absolute Gasteiger partial charge is 0.270 e. The van der Waals surface area contributed by atoms with E-state index in [0.29, 0.717) is 36.4 Å². The van der Waals surface area contributed by atoms with Crippen LogP contribution in [0.5, 0.6) is 0 Å². The molecule has 4 aromatic rings. The summed E-state index contributed by atoms with van der Waals surface area (Å²) in [5, 5.41) is 14.6. The van der Waals surface area contributed by atoms with Gasteiger partial charge in [0.05, 0.1) is 5.69 Å². The number of nitrogens with zero attached hydrogens (tertiary/aromatic N) is 8. The molecule has 11 heteroatoms. The molecule has 0 bridgehead atoms. The van der Waals surface area contributed by atoms with Crippen molar-refractivity contribution in [2.24, 2.45) is 0 Å². The molecule has 1 amide bonds. The lowest BCUT2D eigenvalue weighted by molar-refractivity contribution is 0.0949. The predicted molar refractivity (Wildman–Crippen MR) is 113 cm³/mol. The van der Waals surface area contributed by atoms with Crippen molar-refractivity contribution in [1.82, 2.24) is 44.8 Å². The van der Waals surface area contributed by atoms with Gasteiger partial charge in [-0.25, -0.2) is 29.3 Å². The van der Waals surface area contributed by atoms with Gasteiger partial charge in [0.15, 0.2) is 11.6 Å². The molecular formula is C20H22N10O. The average Bonchev–Trinajstić information content (AvgIpc) is 3.40. The van der Waals surface area contributed by atoms with Gasteiger partial charge in [0.25, 0.3) is 5.91 Å². The van der Waals surface area contributed by atoms with Crippen LogP contribution in [0.4, 0.5) is 5.82 Å². The Bertz CT molecular complexity index is 1200. The van der Waals surface area contributed by atoms with Crippen LogP contribution in [0, 0.1) is 20.8 Å². The van der Waals surface area contributed by atoms with Crippen molar-refractivity contribution in [3.05, 3.63) is 65.9 Å². The largest absolute Gasteiger partial charge is 0.368 e. The molecule has 0 unspecified atom stereocenters. The van der Waals surface area contributed by atoms with E-state index in [-0.39, 0.29) is 11.6 Å². The Labute approximate surface area is 178 Å². The van der Waals surface area contributed by atoms with Crippen molar-refractivity contribution in [2.75, 3.05) is 18.4 Å². The fourth-order valence-corrected chi connectivity index (χ4v) is 3.07. The first-order valence-electron chi connectivity index (χ1n) is 9.73. The molecule has 0 saturated carbocycles. The number of aryl methyl sites for hydroxylation is 3. The Morgan fingerprint density at radius 2 is 1.90 bits per heavy atom. The molecule has 0 aliphatic heterocycles. The van der Waals surface area contributed by atoms with E-state index in [0.717, 1.165) is 11.4 Å². The second kappa shape index (κ2) is 8.69. The first-order valence-corrected chi connectivity index (χ1v) is 9.73. The van der Waals surface area contributed by atoms with E-state index in [1.165, 1.54) is 6.33 Å². The van der Waals surface area contributed by atoms with Crippen molar-refractivity contribution in [3.63, 3.8) is 0 Å². The van der Waals surface area contributed by atoms with Gasteiger partial charge in [-0.1, -0.05) is 0 Å². The fraction of sp³-hybridized carbons (Fsp3) is 0.250. The third kappa shape index (κ3) is 4.71. The molecule has 0 aliphatic rings. The quantitative estimate of drug-likeness (QED) is 0.431. The van der Waals surface area contributed by atoms with Crippen LogP contribution in [0.1, 0.15) is 27.7 Å². The summed E-state index contributed by atoms with van der Waals surface area (Å²) in [6.07, 6.45) is 4.89. The van der Waals surface area contributed by atoms with Crippen molar-refractivity contribution in [3.8, 4) is 11.6 Å². The van der Waals surface area contributed by atoms with E-state index in [1.54, 1.807) is 40.8 Å². The molecule has 0 saturated heterocycles. The van der Waals surface area contributed by atoms with Crippen LogP contribution in [0.15, 0.2) is 43.0 Å². The standard InChI is InChI=1S/C20H22N10O/c1-13-9-14(2)30(28-13)18-11-17(23-12-24-18)21-6-7-22-20(31)16-10-19(27-15(3)26-16)29-8-4-5-25-29/h4-5,8-12H,6-7H2,1-3H3,(H,22,31)(H,21,23,24). The molecule has 11 nitrogen and oxygen atoms in total. The molecule has 0 atom stereocenters. The Morgan fingerprint density at radius 1 is 1.03 bits per heavy atom. The number of nitrogens with one attached hydrogen (secondary N) is 2. The topological polar surface area (TPSA) is 128 Å². The van der Waals surface area contributed by atoms with Gasteiger partial charge < -0.3 is 10.6 Å². The summed E-state index contributed by atoms with van der Waals surface area (Å²) >= 11 is 0. The number of aromatic nitrogens is 8. The second-order valence-electron chi connectivity index (χ2n) is 6.89. The van der Waals surface area contributed by atoms with Crippen molar-refractivity contribution < 1.29 is 4.79 Å². The monoisotopic (exact) mass is 418 g/mol. The molecule has 0 fully saturated rings. The molecule has 31 heavy (non-hydrogen) atoms. The normalized spacial score (nSPS) is 10.8. The molecule has 158 valence electrons. The molecule has 0 spiro atoms. The molecule has 4 aromatic heterocycles. The van der Waals surface area contributed by atoms with Crippen LogP contribution in [0.2, 0.25) is 0 Å². The second-order valence-corrected chi connectivity index (χ2v) is 6.89. The maximum Gasteiger partial charge on any atom is 0.270 e. The average molecular weight is 418 g/mol. The predicted octanol–water partition coefficient (Wildman–Crippen LogP) is 1.41. The van der Waals surface area contributed by atoms with Gasteiger partial charge in [-0.15, -0.1) is 0 Å². The maximum atomic E-state index is 12.5. The van der Waals surface area contributed by atoms with E-state index < -0.39 is 0 Å². The number of anilines is 1. The number of amides is 1. The zero-order valence-corrected chi connectivity index (χ0v) is 17.4. The van der Waals surface area contributed by atoms with Gasteiger partial charge in [-0.3, -0.25) is 4.79 Å². The van der Waals surface area contributed by atoms with Gasteiger partial charge >= 0.3 is 0 Å². The lowest BCUT2D eigenvalue weighted by Crippen LogP contribution is -2.30. The Balaban J connectivity index is 1.35. The van der Waals surface area contributed by atoms with Crippen molar-refractivity contribution in [2.45, 2.75) is 20.8 Å². The van der Waals surface area contributed by atoms with Crippen molar-refractivity contribution >= 4 is 11.7 Å². The van der Waals surface area contributed by atoms with Crippen molar-refractivity contribution in [1.29, 1.82) is 0 Å². The number of hydrogen-bond acceptors (Lipinski definition) is 8. The van der Waals surface area contributed by atoms with Crippen LogP contribution >= 0.6 is 0 Å². The summed E-state index contributed by atoms with van der Waals surface area (Å²) in [6.45, 7) is 6.51. The minimum Gasteiger partial charge on any atom is -0.368 e. The summed E-state index contributed by atoms with van der Waals surface area (Å²) in [5.74, 6) is 2.07. The highest BCUT2D eigenvalue weighted by molar-refractivity contribution is 5.92. The summed E-state index contributed by atoms with van der Waals surface area (Å²) in [7, 11) is 0. The summed E-state index contributed by atoms with van der Waals surface area (Å²) in [4.78, 5) is 29.5. The zero-order valence-electron chi connectivity index (χ0n) is 17.4. The summed E-state index contributed by atoms with van der Waals surface area (Å²) in [6, 6.07) is 7.19. The number of rotatable bonds is 7. The van der Waals surface area contributed by atoms with E-state index in [2.05, 4.69) is 40.8 Å². The third-order valence-corrected chi connectivity index (χ3v) is 4.39. The van der Waals surface area contributed by atoms with Crippen LogP contribution < -0.4 is 10.6 Å². The lowest BCUT2D eigenvalue weighted by atomic mass is 10.3. The Kier molecular flexibility index (Phi) is 5.65. The number of carbonyl (C=O) groups excluding carboxylic acids is 1. The zero-order chi connectivity index (χ0) is 21.8. The first kappa shape index (κ1) is 20.1. The molecule has 0 aromatic carbocycles. The number of carbonyl (C=O) groups is 1. The van der Waals surface area contributed by atoms with Gasteiger partial charge in [0.2, 0.25) is 0 Å². The van der Waals surface area contributed by atoms with Gasteiger partial charge in [-0.2, -0.15) is 10.2 Å². The van der Waals surface area contributed by atoms with Gasteiger partial charge in [-0.05, 0) is 32.9 Å². The lowest BCUT2D eigenvalue weighted by Gasteiger charge is -2.09. The number of hydrogen-bond donors (Lipinski definition) is 2. The summed E-state index contributed by atoms with van der Waals surface area (Å²) < 4.78 is 3.35. The maximum absolute atomic E-state index is 12.5. The SMILES string of the molecule is Cc1cc(C)n(-c2cc(NCCNC(=O)c3cc(-n4cccn4)nc(C)n3)ncn2)n1. The molecular weight excluding hydrogens is 396 g/mol. The van der Waals surface area contributed by atoms with E-state index >= 15 is 0 Å². The van der Waals surface area contributed by atoms with Crippen LogP contribution in [-0.2, 0) is 0 Å². The highest BCUT2D eigenvalue weighted by atomic mass is 16.1. The molecule has 4 rings (SSSR count). The summed E-state index contributed by atoms with van der Waals surface area (Å²) in [5.41, 5.74) is 2.19. The van der Waals surface area contributed by atoms with E-state index in [1.807, 2.05) is 26.0 Å². The van der Waals surface area contributed by atoms with E-state index in [9.17, 15) is 4.79 Å². The van der Waals surface area contributed by atoms with Gasteiger partial charge in [0, 0.05) is 43.3 Å². The highest BCUT2D eigenvalue weighted by Gasteiger charge is 2.11. The highest BCUT2D eigenvalue weighted by Crippen LogP contribution is 2.12. The third-order valence-electron chi connectivity index (χ3n) is 4.39. The molecule has 0 radical (unpaired) electrons. The Hall–Kier alpha value is -4.15. The van der Waals surface area contributed by atoms with Crippen LogP contribution in [0.3, 0.4) is 0 Å².